The molecule has 4 heteroatoms. The largest absolute Gasteiger partial charge is 0.382 e. The van der Waals surface area contributed by atoms with Crippen LogP contribution in [0.25, 0.3) is 0 Å². The highest BCUT2D eigenvalue weighted by Gasteiger charge is 2.17. The maximum Gasteiger partial charge on any atom is 0.133 e. The van der Waals surface area contributed by atoms with Crippen LogP contribution in [0.1, 0.15) is 27.2 Å². The summed E-state index contributed by atoms with van der Waals surface area (Å²) < 4.78 is 15.5. The molecule has 0 aromatic heterocycles. The quantitative estimate of drug-likeness (QED) is 0.522. The Balaban J connectivity index is 3.40. The molecule has 0 amide bonds. The predicted molar refractivity (Wildman–Crippen MR) is 67.1 cm³/mol. The van der Waals surface area contributed by atoms with Crippen molar-refractivity contribution in [2.24, 2.45) is 11.8 Å². The lowest BCUT2D eigenvalue weighted by atomic mass is 9.89. The van der Waals surface area contributed by atoms with E-state index in [0.29, 0.717) is 39.0 Å². The first kappa shape index (κ1) is 16.6. The van der Waals surface area contributed by atoms with Crippen molar-refractivity contribution in [2.45, 2.75) is 27.2 Å². The molecule has 0 aromatic rings. The lowest BCUT2D eigenvalue weighted by molar-refractivity contribution is -0.122. The summed E-state index contributed by atoms with van der Waals surface area (Å²) in [6, 6.07) is 0. The lowest BCUT2D eigenvalue weighted by Crippen LogP contribution is -2.20. The number of rotatable bonds is 11. The highest BCUT2D eigenvalue weighted by atomic mass is 16.5. The summed E-state index contributed by atoms with van der Waals surface area (Å²) in [5, 5.41) is 0. The van der Waals surface area contributed by atoms with Crippen molar-refractivity contribution in [3.8, 4) is 0 Å². The van der Waals surface area contributed by atoms with Crippen molar-refractivity contribution in [1.82, 2.24) is 0 Å². The summed E-state index contributed by atoms with van der Waals surface area (Å²) in [5.41, 5.74) is 0. The molecule has 0 spiro atoms. The molecule has 0 aliphatic rings. The molecule has 0 heterocycles. The first-order valence-electron chi connectivity index (χ1n) is 6.24. The van der Waals surface area contributed by atoms with Crippen LogP contribution in [0.3, 0.4) is 0 Å². The molecule has 0 N–H and O–H groups in total. The van der Waals surface area contributed by atoms with Gasteiger partial charge in [-0.1, -0.05) is 13.8 Å². The monoisotopic (exact) mass is 246 g/mol. The average Bonchev–Trinajstić information content (AvgIpc) is 2.26. The van der Waals surface area contributed by atoms with E-state index in [0.717, 1.165) is 6.42 Å². The van der Waals surface area contributed by atoms with E-state index in [1.165, 1.54) is 0 Å². The number of carbonyl (C=O) groups excluding carboxylic acids is 1. The second kappa shape index (κ2) is 10.7. The Bertz CT molecular complexity index is 192. The SMILES string of the molecule is COCCOCCOCCC(C(C)=O)C(C)C. The number of methoxy groups -OCH3 is 1. The third-order valence-corrected chi connectivity index (χ3v) is 2.70. The molecule has 0 saturated heterocycles. The van der Waals surface area contributed by atoms with Crippen LogP contribution in [0.15, 0.2) is 0 Å². The van der Waals surface area contributed by atoms with Crippen LogP contribution in [-0.2, 0) is 19.0 Å². The fraction of sp³-hybridized carbons (Fsp3) is 0.923. The standard InChI is InChI=1S/C13H26O4/c1-11(2)13(12(3)14)5-6-16-9-10-17-8-7-15-4/h11,13H,5-10H2,1-4H3. The Morgan fingerprint density at radius 2 is 1.53 bits per heavy atom. The minimum atomic E-state index is 0.115. The maximum atomic E-state index is 11.3. The molecule has 0 radical (unpaired) electrons. The third kappa shape index (κ3) is 9.27. The minimum Gasteiger partial charge on any atom is -0.382 e. The number of hydrogen-bond donors (Lipinski definition) is 0. The smallest absolute Gasteiger partial charge is 0.133 e. The molecule has 4 nitrogen and oxygen atoms in total. The van der Waals surface area contributed by atoms with Crippen LogP contribution in [0.5, 0.6) is 0 Å². The molecule has 0 rings (SSSR count). The van der Waals surface area contributed by atoms with Crippen LogP contribution in [0.4, 0.5) is 0 Å². The summed E-state index contributed by atoms with van der Waals surface area (Å²) in [6.07, 6.45) is 0.797. The first-order valence-corrected chi connectivity index (χ1v) is 6.24. The molecule has 0 aromatic carbocycles. The van der Waals surface area contributed by atoms with E-state index in [4.69, 9.17) is 14.2 Å². The van der Waals surface area contributed by atoms with Crippen LogP contribution >= 0.6 is 0 Å². The lowest BCUT2D eigenvalue weighted by Gasteiger charge is -2.17. The summed E-state index contributed by atoms with van der Waals surface area (Å²) in [4.78, 5) is 11.3. The zero-order valence-electron chi connectivity index (χ0n) is 11.5. The summed E-state index contributed by atoms with van der Waals surface area (Å²) in [5.74, 6) is 0.749. The van der Waals surface area contributed by atoms with Crippen molar-refractivity contribution in [2.75, 3.05) is 40.1 Å². The van der Waals surface area contributed by atoms with Gasteiger partial charge in [0.2, 0.25) is 0 Å². The minimum absolute atomic E-state index is 0.115. The highest BCUT2D eigenvalue weighted by Crippen LogP contribution is 2.16. The number of hydrogen-bond acceptors (Lipinski definition) is 4. The molecule has 0 saturated carbocycles. The molecular formula is C13H26O4. The zero-order valence-corrected chi connectivity index (χ0v) is 11.5. The van der Waals surface area contributed by atoms with Gasteiger partial charge in [0.05, 0.1) is 26.4 Å². The van der Waals surface area contributed by atoms with E-state index in [2.05, 4.69) is 13.8 Å². The van der Waals surface area contributed by atoms with Gasteiger partial charge in [-0.15, -0.1) is 0 Å². The van der Waals surface area contributed by atoms with Gasteiger partial charge in [0, 0.05) is 19.6 Å². The van der Waals surface area contributed by atoms with Gasteiger partial charge in [-0.25, -0.2) is 0 Å². The van der Waals surface area contributed by atoms with E-state index in [9.17, 15) is 4.79 Å². The maximum absolute atomic E-state index is 11.3. The molecule has 0 aliphatic heterocycles. The van der Waals surface area contributed by atoms with Crippen molar-refractivity contribution in [1.29, 1.82) is 0 Å². The Morgan fingerprint density at radius 3 is 2.00 bits per heavy atom. The van der Waals surface area contributed by atoms with Gasteiger partial charge < -0.3 is 14.2 Å². The number of ketones is 1. The van der Waals surface area contributed by atoms with Gasteiger partial charge >= 0.3 is 0 Å². The zero-order chi connectivity index (χ0) is 13.1. The van der Waals surface area contributed by atoms with Crippen molar-refractivity contribution in [3.63, 3.8) is 0 Å². The van der Waals surface area contributed by atoms with Gasteiger partial charge in [0.25, 0.3) is 0 Å². The van der Waals surface area contributed by atoms with Gasteiger partial charge in [-0.3, -0.25) is 4.79 Å². The molecule has 1 unspecified atom stereocenters. The first-order chi connectivity index (χ1) is 8.09. The predicted octanol–water partition coefficient (Wildman–Crippen LogP) is 1.92. The van der Waals surface area contributed by atoms with Crippen molar-refractivity contribution in [3.05, 3.63) is 0 Å². The Hall–Kier alpha value is -0.450. The van der Waals surface area contributed by atoms with Crippen LogP contribution in [-0.4, -0.2) is 45.9 Å². The molecule has 1 atom stereocenters. The van der Waals surface area contributed by atoms with Gasteiger partial charge in [-0.2, -0.15) is 0 Å². The van der Waals surface area contributed by atoms with E-state index in [1.807, 2.05) is 0 Å². The fourth-order valence-corrected chi connectivity index (χ4v) is 1.68. The Morgan fingerprint density at radius 1 is 1.00 bits per heavy atom. The highest BCUT2D eigenvalue weighted by molar-refractivity contribution is 5.78. The normalized spacial score (nSPS) is 13.0. The van der Waals surface area contributed by atoms with Crippen LogP contribution < -0.4 is 0 Å². The average molecular weight is 246 g/mol. The Labute approximate surface area is 105 Å². The number of carbonyl (C=O) groups is 1. The Kier molecular flexibility index (Phi) is 10.4. The molecule has 17 heavy (non-hydrogen) atoms. The topological polar surface area (TPSA) is 44.8 Å². The summed E-state index contributed by atoms with van der Waals surface area (Å²) in [6.45, 7) is 8.78. The van der Waals surface area contributed by atoms with Crippen molar-refractivity contribution < 1.29 is 19.0 Å². The van der Waals surface area contributed by atoms with Gasteiger partial charge in [0.15, 0.2) is 0 Å². The molecule has 102 valence electrons. The van der Waals surface area contributed by atoms with E-state index >= 15 is 0 Å². The summed E-state index contributed by atoms with van der Waals surface area (Å²) >= 11 is 0. The number of Topliss-reactive ketones (excluding diaryl/α,β-unsaturated/α-hetero) is 1. The van der Waals surface area contributed by atoms with E-state index in [-0.39, 0.29) is 11.7 Å². The molecular weight excluding hydrogens is 220 g/mol. The summed E-state index contributed by atoms with van der Waals surface area (Å²) in [7, 11) is 1.65. The molecule has 0 aliphatic carbocycles. The van der Waals surface area contributed by atoms with E-state index < -0.39 is 0 Å². The van der Waals surface area contributed by atoms with Crippen LogP contribution in [0, 0.1) is 11.8 Å². The second-order valence-corrected chi connectivity index (χ2v) is 4.47. The number of ether oxygens (including phenoxy) is 3. The molecule has 0 fully saturated rings. The van der Waals surface area contributed by atoms with Gasteiger partial charge in [0.1, 0.15) is 5.78 Å². The van der Waals surface area contributed by atoms with Crippen LogP contribution in [0.2, 0.25) is 0 Å². The third-order valence-electron chi connectivity index (χ3n) is 2.70. The van der Waals surface area contributed by atoms with Gasteiger partial charge in [-0.05, 0) is 19.3 Å². The second-order valence-electron chi connectivity index (χ2n) is 4.47. The van der Waals surface area contributed by atoms with E-state index in [1.54, 1.807) is 14.0 Å². The van der Waals surface area contributed by atoms with Crippen molar-refractivity contribution >= 4 is 5.78 Å². The molecule has 0 bridgehead atoms. The fourth-order valence-electron chi connectivity index (χ4n) is 1.68.